The van der Waals surface area contributed by atoms with Crippen LogP contribution in [0, 0.1) is 0 Å². The molecule has 3 heteroatoms. The first-order chi connectivity index (χ1) is 11.0. The van der Waals surface area contributed by atoms with Gasteiger partial charge in [-0.05, 0) is 31.9 Å². The molecule has 2 aromatic carbocycles. The average molecular weight is 311 g/mol. The molecule has 0 aliphatic heterocycles. The van der Waals surface area contributed by atoms with E-state index in [-0.39, 0.29) is 11.4 Å². The van der Waals surface area contributed by atoms with Crippen molar-refractivity contribution in [2.75, 3.05) is 6.61 Å². The lowest BCUT2D eigenvalue weighted by molar-refractivity contribution is -0.123. The lowest BCUT2D eigenvalue weighted by atomic mass is 10.0. The first kappa shape index (κ1) is 17.1. The Labute approximate surface area is 138 Å². The second-order valence-corrected chi connectivity index (χ2v) is 6.25. The molecule has 0 aromatic heterocycles. The summed E-state index contributed by atoms with van der Waals surface area (Å²) in [5, 5.41) is 3.02. The molecule has 2 aromatic rings. The Bertz CT molecular complexity index is 635. The zero-order valence-electron chi connectivity index (χ0n) is 14.1. The van der Waals surface area contributed by atoms with Gasteiger partial charge in [-0.3, -0.25) is 4.79 Å². The van der Waals surface area contributed by atoms with Crippen molar-refractivity contribution in [3.63, 3.8) is 0 Å². The van der Waals surface area contributed by atoms with Crippen LogP contribution in [0.5, 0.6) is 5.75 Å². The van der Waals surface area contributed by atoms with Crippen LogP contribution >= 0.6 is 0 Å². The molecule has 0 saturated heterocycles. The van der Waals surface area contributed by atoms with Gasteiger partial charge in [0.2, 0.25) is 5.91 Å². The topological polar surface area (TPSA) is 38.3 Å². The molecule has 1 N–H and O–H groups in total. The fourth-order valence-corrected chi connectivity index (χ4v) is 2.23. The number of carbonyl (C=O) groups is 1. The minimum absolute atomic E-state index is 0.0223. The number of amides is 1. The molecule has 0 heterocycles. The van der Waals surface area contributed by atoms with Gasteiger partial charge in [-0.1, -0.05) is 55.5 Å². The van der Waals surface area contributed by atoms with Crippen molar-refractivity contribution in [2.45, 2.75) is 39.2 Å². The standard InChI is InChI=1S/C20H25NO2/c1-4-20(2,3)21-19(22)14-15-23-18-13-9-8-12-17(18)16-10-6-5-7-11-16/h5-13H,4,14-15H2,1-3H3,(H,21,22). The molecule has 0 aliphatic rings. The third-order valence-corrected chi connectivity index (χ3v) is 3.92. The lowest BCUT2D eigenvalue weighted by Gasteiger charge is -2.24. The van der Waals surface area contributed by atoms with Crippen molar-refractivity contribution in [2.24, 2.45) is 0 Å². The van der Waals surface area contributed by atoms with Crippen LogP contribution in [0.3, 0.4) is 0 Å². The Morgan fingerprint density at radius 3 is 2.39 bits per heavy atom. The molecule has 3 nitrogen and oxygen atoms in total. The molecule has 0 aliphatic carbocycles. The highest BCUT2D eigenvalue weighted by molar-refractivity contribution is 5.77. The van der Waals surface area contributed by atoms with Crippen molar-refractivity contribution in [3.8, 4) is 16.9 Å². The van der Waals surface area contributed by atoms with Crippen LogP contribution in [-0.4, -0.2) is 18.1 Å². The second kappa shape index (κ2) is 7.82. The molecule has 2 rings (SSSR count). The van der Waals surface area contributed by atoms with E-state index in [2.05, 4.69) is 24.4 Å². The van der Waals surface area contributed by atoms with Gasteiger partial charge >= 0.3 is 0 Å². The summed E-state index contributed by atoms with van der Waals surface area (Å²) in [5.41, 5.74) is 1.99. The molecule has 1 amide bonds. The summed E-state index contributed by atoms with van der Waals surface area (Å²) >= 11 is 0. The predicted octanol–water partition coefficient (Wildman–Crippen LogP) is 4.43. The summed E-state index contributed by atoms with van der Waals surface area (Å²) in [6.07, 6.45) is 1.25. The van der Waals surface area contributed by atoms with Crippen LogP contribution in [0.25, 0.3) is 11.1 Å². The summed E-state index contributed by atoms with van der Waals surface area (Å²) in [5.74, 6) is 0.829. The van der Waals surface area contributed by atoms with Gasteiger partial charge in [0.15, 0.2) is 0 Å². The number of carbonyl (C=O) groups excluding carboxylic acids is 1. The van der Waals surface area contributed by atoms with Gasteiger partial charge < -0.3 is 10.1 Å². The van der Waals surface area contributed by atoms with Gasteiger partial charge in [-0.15, -0.1) is 0 Å². The van der Waals surface area contributed by atoms with Crippen molar-refractivity contribution in [1.29, 1.82) is 0 Å². The highest BCUT2D eigenvalue weighted by atomic mass is 16.5. The molecule has 23 heavy (non-hydrogen) atoms. The van der Waals surface area contributed by atoms with E-state index in [0.717, 1.165) is 23.3 Å². The van der Waals surface area contributed by atoms with Crippen molar-refractivity contribution >= 4 is 5.91 Å². The average Bonchev–Trinajstić information content (AvgIpc) is 2.56. The van der Waals surface area contributed by atoms with E-state index in [9.17, 15) is 4.79 Å². The molecule has 0 bridgehead atoms. The van der Waals surface area contributed by atoms with Gasteiger partial charge in [0, 0.05) is 11.1 Å². The third kappa shape index (κ3) is 5.13. The Morgan fingerprint density at radius 1 is 1.04 bits per heavy atom. The normalized spacial score (nSPS) is 11.1. The van der Waals surface area contributed by atoms with E-state index in [1.165, 1.54) is 0 Å². The van der Waals surface area contributed by atoms with Gasteiger partial charge in [-0.25, -0.2) is 0 Å². The highest BCUT2D eigenvalue weighted by Gasteiger charge is 2.17. The van der Waals surface area contributed by atoms with Crippen LogP contribution in [0.1, 0.15) is 33.6 Å². The summed E-state index contributed by atoms with van der Waals surface area (Å²) in [4.78, 5) is 12.0. The minimum Gasteiger partial charge on any atom is -0.492 e. The van der Waals surface area contributed by atoms with Crippen LogP contribution < -0.4 is 10.1 Å². The zero-order chi connectivity index (χ0) is 16.7. The maximum Gasteiger partial charge on any atom is 0.223 e. The number of nitrogens with one attached hydrogen (secondary N) is 1. The largest absolute Gasteiger partial charge is 0.492 e. The lowest BCUT2D eigenvalue weighted by Crippen LogP contribution is -2.43. The first-order valence-corrected chi connectivity index (χ1v) is 8.10. The monoisotopic (exact) mass is 311 g/mol. The fraction of sp³-hybridized carbons (Fsp3) is 0.350. The maximum absolute atomic E-state index is 12.0. The molecule has 0 spiro atoms. The summed E-state index contributed by atoms with van der Waals surface area (Å²) < 4.78 is 5.85. The van der Waals surface area contributed by atoms with Crippen LogP contribution in [-0.2, 0) is 4.79 Å². The maximum atomic E-state index is 12.0. The fourth-order valence-electron chi connectivity index (χ4n) is 2.23. The summed E-state index contributed by atoms with van der Waals surface area (Å²) in [6.45, 7) is 6.48. The Balaban J connectivity index is 1.96. The number of benzene rings is 2. The summed E-state index contributed by atoms with van der Waals surface area (Å²) in [7, 11) is 0. The molecule has 0 saturated carbocycles. The molecule has 0 unspecified atom stereocenters. The van der Waals surface area contributed by atoms with Crippen LogP contribution in [0.2, 0.25) is 0 Å². The SMILES string of the molecule is CCC(C)(C)NC(=O)CCOc1ccccc1-c1ccccc1. The molecule has 0 atom stereocenters. The smallest absolute Gasteiger partial charge is 0.223 e. The van der Waals surface area contributed by atoms with Gasteiger partial charge in [-0.2, -0.15) is 0 Å². The Hall–Kier alpha value is -2.29. The number of rotatable bonds is 7. The summed E-state index contributed by atoms with van der Waals surface area (Å²) in [6, 6.07) is 18.0. The van der Waals surface area contributed by atoms with Crippen molar-refractivity contribution < 1.29 is 9.53 Å². The second-order valence-electron chi connectivity index (χ2n) is 6.25. The van der Waals surface area contributed by atoms with Gasteiger partial charge in [0.25, 0.3) is 0 Å². The third-order valence-electron chi connectivity index (χ3n) is 3.92. The highest BCUT2D eigenvalue weighted by Crippen LogP contribution is 2.29. The van der Waals surface area contributed by atoms with E-state index < -0.39 is 0 Å². The minimum atomic E-state index is -0.168. The molecular formula is C20H25NO2. The van der Waals surface area contributed by atoms with E-state index in [1.54, 1.807) is 0 Å². The number of hydrogen-bond acceptors (Lipinski definition) is 2. The molecule has 0 radical (unpaired) electrons. The Kier molecular flexibility index (Phi) is 5.80. The van der Waals surface area contributed by atoms with E-state index in [0.29, 0.717) is 13.0 Å². The van der Waals surface area contributed by atoms with Crippen molar-refractivity contribution in [3.05, 3.63) is 54.6 Å². The molecule has 122 valence electrons. The van der Waals surface area contributed by atoms with Gasteiger partial charge in [0.1, 0.15) is 5.75 Å². The van der Waals surface area contributed by atoms with E-state index >= 15 is 0 Å². The van der Waals surface area contributed by atoms with Crippen LogP contribution in [0.15, 0.2) is 54.6 Å². The van der Waals surface area contributed by atoms with Gasteiger partial charge in [0.05, 0.1) is 13.0 Å². The van der Waals surface area contributed by atoms with E-state index in [4.69, 9.17) is 4.74 Å². The molecule has 0 fully saturated rings. The molecular weight excluding hydrogens is 286 g/mol. The first-order valence-electron chi connectivity index (χ1n) is 8.10. The predicted molar refractivity (Wildman–Crippen MR) is 94.5 cm³/mol. The van der Waals surface area contributed by atoms with Crippen molar-refractivity contribution in [1.82, 2.24) is 5.32 Å². The van der Waals surface area contributed by atoms with E-state index in [1.807, 2.05) is 56.3 Å². The zero-order valence-corrected chi connectivity index (χ0v) is 14.1. The Morgan fingerprint density at radius 2 is 1.70 bits per heavy atom. The number of para-hydroxylation sites is 1. The number of hydrogen-bond donors (Lipinski definition) is 1. The quantitative estimate of drug-likeness (QED) is 0.821. The van der Waals surface area contributed by atoms with Crippen LogP contribution in [0.4, 0.5) is 0 Å². The number of ether oxygens (including phenoxy) is 1.